The molecule has 0 heterocycles. The lowest BCUT2D eigenvalue weighted by atomic mass is 9.56. The number of nitriles is 1. The van der Waals surface area contributed by atoms with Crippen LogP contribution in [0.4, 0.5) is 0 Å². The van der Waals surface area contributed by atoms with E-state index in [1.165, 1.54) is 0 Å². The summed E-state index contributed by atoms with van der Waals surface area (Å²) in [4.78, 5) is 0. The molecule has 0 aliphatic carbocycles. The zero-order valence-electron chi connectivity index (χ0n) is 12.3. The third-order valence-electron chi connectivity index (χ3n) is 4.09. The minimum atomic E-state index is -0.192. The summed E-state index contributed by atoms with van der Waals surface area (Å²) in [7, 11) is 0. The zero-order valence-corrected chi connectivity index (χ0v) is 12.3. The van der Waals surface area contributed by atoms with Crippen molar-refractivity contribution in [2.75, 3.05) is 0 Å². The molecule has 0 unspecified atom stereocenters. The number of rotatable bonds is 5. The zero-order chi connectivity index (χ0) is 13.1. The summed E-state index contributed by atoms with van der Waals surface area (Å²) in [6.07, 6.45) is 0. The second-order valence-corrected chi connectivity index (χ2v) is 6.37. The van der Waals surface area contributed by atoms with Gasteiger partial charge in [-0.3, -0.25) is 0 Å². The summed E-state index contributed by atoms with van der Waals surface area (Å²) in [6.45, 7) is 17.8. The summed E-state index contributed by atoms with van der Waals surface area (Å²) in [5.41, 5.74) is -0.192. The average Bonchev–Trinajstić information content (AvgIpc) is 2.10. The van der Waals surface area contributed by atoms with Crippen LogP contribution < -0.4 is 0 Å². The van der Waals surface area contributed by atoms with Crippen LogP contribution in [0.3, 0.4) is 0 Å². The molecule has 0 aromatic rings. The molecule has 0 spiro atoms. The average molecular weight is 223 g/mol. The third kappa shape index (κ3) is 2.59. The Kier molecular flexibility index (Phi) is 5.53. The van der Waals surface area contributed by atoms with Crippen LogP contribution in [0.1, 0.15) is 55.4 Å². The monoisotopic (exact) mass is 223 g/mol. The Morgan fingerprint density at radius 2 is 1.06 bits per heavy atom. The van der Waals surface area contributed by atoms with Gasteiger partial charge in [0.25, 0.3) is 0 Å². The molecule has 0 aliphatic heterocycles. The summed E-state index contributed by atoms with van der Waals surface area (Å²) in [5, 5.41) is 9.74. The van der Waals surface area contributed by atoms with Crippen molar-refractivity contribution in [1.82, 2.24) is 0 Å². The highest BCUT2D eigenvalue weighted by Crippen LogP contribution is 2.48. The van der Waals surface area contributed by atoms with E-state index in [1.807, 2.05) is 0 Å². The van der Waals surface area contributed by atoms with E-state index in [4.69, 9.17) is 0 Å². The lowest BCUT2D eigenvalue weighted by Crippen LogP contribution is -2.44. The van der Waals surface area contributed by atoms with Crippen molar-refractivity contribution in [2.45, 2.75) is 55.4 Å². The van der Waals surface area contributed by atoms with Gasteiger partial charge in [0.15, 0.2) is 0 Å². The van der Waals surface area contributed by atoms with Crippen molar-refractivity contribution >= 4 is 0 Å². The second-order valence-electron chi connectivity index (χ2n) is 6.37. The molecule has 0 fully saturated rings. The van der Waals surface area contributed by atoms with Gasteiger partial charge >= 0.3 is 0 Å². The molecule has 16 heavy (non-hydrogen) atoms. The van der Waals surface area contributed by atoms with Crippen molar-refractivity contribution in [1.29, 1.82) is 5.26 Å². The van der Waals surface area contributed by atoms with Gasteiger partial charge in [0.2, 0.25) is 0 Å². The van der Waals surface area contributed by atoms with Crippen LogP contribution in [0.2, 0.25) is 0 Å². The van der Waals surface area contributed by atoms with E-state index < -0.39 is 0 Å². The largest absolute Gasteiger partial charge is 0.198 e. The smallest absolute Gasteiger partial charge is 0.0698 e. The molecule has 0 aliphatic rings. The molecule has 0 aromatic heterocycles. The molecule has 0 rings (SSSR count). The molecule has 0 saturated heterocycles. The summed E-state index contributed by atoms with van der Waals surface area (Å²) in [6, 6.07) is 2.68. The van der Waals surface area contributed by atoms with E-state index >= 15 is 0 Å². The molecular weight excluding hydrogens is 194 g/mol. The maximum atomic E-state index is 9.74. The van der Waals surface area contributed by atoms with Crippen molar-refractivity contribution in [3.8, 4) is 6.07 Å². The first-order valence-electron chi connectivity index (χ1n) is 6.63. The molecule has 0 aromatic carbocycles. The number of hydrogen-bond donors (Lipinski definition) is 0. The van der Waals surface area contributed by atoms with Crippen LogP contribution in [-0.2, 0) is 0 Å². The van der Waals surface area contributed by atoms with Gasteiger partial charge in [-0.2, -0.15) is 5.26 Å². The lowest BCUT2D eigenvalue weighted by Gasteiger charge is -2.46. The molecule has 1 heteroatoms. The predicted molar refractivity (Wildman–Crippen MR) is 70.9 cm³/mol. The van der Waals surface area contributed by atoms with Crippen LogP contribution in [0.5, 0.6) is 0 Å². The second kappa shape index (κ2) is 5.71. The predicted octanol–water partition coefficient (Wildman–Crippen LogP) is 4.74. The highest BCUT2D eigenvalue weighted by Gasteiger charge is 2.47. The first-order valence-corrected chi connectivity index (χ1v) is 6.63. The highest BCUT2D eigenvalue weighted by atomic mass is 14.5. The Hall–Kier alpha value is -0.510. The quantitative estimate of drug-likeness (QED) is 0.660. The van der Waals surface area contributed by atoms with E-state index in [9.17, 15) is 5.26 Å². The van der Waals surface area contributed by atoms with Gasteiger partial charge in [-0.25, -0.2) is 0 Å². The van der Waals surface area contributed by atoms with Crippen molar-refractivity contribution in [3.05, 3.63) is 0 Å². The fraction of sp³-hybridized carbons (Fsp3) is 0.933. The Bertz CT molecular complexity index is 227. The standard InChI is InChI=1S/C15H29N/c1-10(2)14(11(3)4)15(9-16,12(5)6)13(7)8/h10-14H,1-8H3. The van der Waals surface area contributed by atoms with Crippen LogP contribution in [0.25, 0.3) is 0 Å². The van der Waals surface area contributed by atoms with Gasteiger partial charge in [-0.05, 0) is 29.6 Å². The van der Waals surface area contributed by atoms with Crippen molar-refractivity contribution in [3.63, 3.8) is 0 Å². The first kappa shape index (κ1) is 15.5. The van der Waals surface area contributed by atoms with E-state index in [-0.39, 0.29) is 5.41 Å². The fourth-order valence-electron chi connectivity index (χ4n) is 3.64. The molecule has 94 valence electrons. The van der Waals surface area contributed by atoms with Crippen molar-refractivity contribution in [2.24, 2.45) is 35.0 Å². The normalized spacial score (nSPS) is 13.2. The fourth-order valence-corrected chi connectivity index (χ4v) is 3.64. The first-order chi connectivity index (χ1) is 7.21. The SMILES string of the molecule is CC(C)C(C(C)C)C(C#N)(C(C)C)C(C)C. The Balaban J connectivity index is 5.55. The van der Waals surface area contributed by atoms with Gasteiger partial charge in [0.05, 0.1) is 11.5 Å². The lowest BCUT2D eigenvalue weighted by molar-refractivity contribution is 0.0327. The van der Waals surface area contributed by atoms with Gasteiger partial charge in [-0.1, -0.05) is 55.4 Å². The maximum Gasteiger partial charge on any atom is 0.0698 e. The molecule has 0 atom stereocenters. The molecule has 1 nitrogen and oxygen atoms in total. The van der Waals surface area contributed by atoms with Crippen LogP contribution >= 0.6 is 0 Å². The summed E-state index contributed by atoms with van der Waals surface area (Å²) in [5.74, 6) is 2.41. The maximum absolute atomic E-state index is 9.74. The minimum absolute atomic E-state index is 0.192. The highest BCUT2D eigenvalue weighted by molar-refractivity contribution is 5.08. The molecule has 0 radical (unpaired) electrons. The van der Waals surface area contributed by atoms with Gasteiger partial charge in [-0.15, -0.1) is 0 Å². The summed E-state index contributed by atoms with van der Waals surface area (Å²) < 4.78 is 0. The third-order valence-corrected chi connectivity index (χ3v) is 4.09. The van der Waals surface area contributed by atoms with E-state index in [0.717, 1.165) is 0 Å². The minimum Gasteiger partial charge on any atom is -0.198 e. The van der Waals surface area contributed by atoms with Gasteiger partial charge in [0.1, 0.15) is 0 Å². The molecule has 0 saturated carbocycles. The Morgan fingerprint density at radius 3 is 1.12 bits per heavy atom. The van der Waals surface area contributed by atoms with E-state index in [0.29, 0.717) is 29.6 Å². The molecule has 0 N–H and O–H groups in total. The Labute approximate surface area is 102 Å². The number of nitrogens with zero attached hydrogens (tertiary/aromatic N) is 1. The van der Waals surface area contributed by atoms with Crippen molar-refractivity contribution < 1.29 is 0 Å². The van der Waals surface area contributed by atoms with Gasteiger partial charge < -0.3 is 0 Å². The van der Waals surface area contributed by atoms with Gasteiger partial charge in [0, 0.05) is 0 Å². The van der Waals surface area contributed by atoms with Crippen LogP contribution in [0, 0.1) is 46.3 Å². The molecule has 0 amide bonds. The van der Waals surface area contributed by atoms with Crippen LogP contribution in [-0.4, -0.2) is 0 Å². The van der Waals surface area contributed by atoms with E-state index in [2.05, 4.69) is 61.5 Å². The summed E-state index contributed by atoms with van der Waals surface area (Å²) >= 11 is 0. The topological polar surface area (TPSA) is 23.8 Å². The number of hydrogen-bond acceptors (Lipinski definition) is 1. The molecular formula is C15H29N. The van der Waals surface area contributed by atoms with Crippen LogP contribution in [0.15, 0.2) is 0 Å². The van der Waals surface area contributed by atoms with E-state index in [1.54, 1.807) is 0 Å². The molecule has 0 bridgehead atoms. The Morgan fingerprint density at radius 1 is 0.750 bits per heavy atom.